The first-order chi connectivity index (χ1) is 7.11. The molecule has 2 N–H and O–H groups in total. The Hall–Kier alpha value is -0.610. The third kappa shape index (κ3) is 2.92. The molecule has 0 radical (unpaired) electrons. The molecule has 15 heavy (non-hydrogen) atoms. The van der Waals surface area contributed by atoms with Crippen LogP contribution in [0.2, 0.25) is 0 Å². The molecule has 0 aliphatic heterocycles. The summed E-state index contributed by atoms with van der Waals surface area (Å²) in [6, 6.07) is -0.0682. The van der Waals surface area contributed by atoms with Crippen LogP contribution in [0.4, 0.5) is 0 Å². The summed E-state index contributed by atoms with van der Waals surface area (Å²) in [5.41, 5.74) is 5.49. The Morgan fingerprint density at radius 3 is 2.80 bits per heavy atom. The summed E-state index contributed by atoms with van der Waals surface area (Å²) in [6.45, 7) is 2.67. The molecule has 0 aromatic carbocycles. The van der Waals surface area contributed by atoms with Crippen molar-refractivity contribution < 1.29 is 14.3 Å². The van der Waals surface area contributed by atoms with Gasteiger partial charge in [-0.25, -0.2) is 0 Å². The predicted octanol–water partition coefficient (Wildman–Crippen LogP) is 1.08. The van der Waals surface area contributed by atoms with Crippen molar-refractivity contribution in [1.82, 2.24) is 0 Å². The molecule has 4 heteroatoms. The van der Waals surface area contributed by atoms with Gasteiger partial charge in [-0.15, -0.1) is 0 Å². The van der Waals surface area contributed by atoms with Gasteiger partial charge in [0.2, 0.25) is 0 Å². The normalized spacial score (nSPS) is 31.3. The van der Waals surface area contributed by atoms with Crippen molar-refractivity contribution in [3.63, 3.8) is 0 Å². The van der Waals surface area contributed by atoms with E-state index in [-0.39, 0.29) is 12.0 Å². The lowest BCUT2D eigenvalue weighted by Crippen LogP contribution is -2.48. The first-order valence-corrected chi connectivity index (χ1v) is 5.53. The van der Waals surface area contributed by atoms with Crippen LogP contribution in [0.15, 0.2) is 0 Å². The van der Waals surface area contributed by atoms with E-state index < -0.39 is 5.41 Å². The summed E-state index contributed by atoms with van der Waals surface area (Å²) in [5.74, 6) is -0.174. The van der Waals surface area contributed by atoms with Crippen LogP contribution in [0.25, 0.3) is 0 Å². The molecule has 2 atom stereocenters. The molecule has 1 aliphatic carbocycles. The number of nitrogens with two attached hydrogens (primary N) is 1. The Morgan fingerprint density at radius 2 is 2.20 bits per heavy atom. The predicted molar refractivity (Wildman–Crippen MR) is 57.4 cm³/mol. The number of hydrogen-bond donors (Lipinski definition) is 1. The molecule has 4 nitrogen and oxygen atoms in total. The second kappa shape index (κ2) is 5.47. The van der Waals surface area contributed by atoms with Crippen LogP contribution in [-0.4, -0.2) is 32.3 Å². The molecule has 0 spiro atoms. The summed E-state index contributed by atoms with van der Waals surface area (Å²) in [5, 5.41) is 0. The van der Waals surface area contributed by atoms with E-state index in [9.17, 15) is 4.79 Å². The zero-order valence-corrected chi connectivity index (χ0v) is 9.62. The lowest BCUT2D eigenvalue weighted by atomic mass is 9.72. The third-order valence-corrected chi connectivity index (χ3v) is 3.27. The standard InChI is InChI=1S/C11H21NO3/c1-11(6-4-3-5-9(11)12)10(13)15-8-7-14-2/h9H,3-8,12H2,1-2H3. The Balaban J connectivity index is 2.47. The van der Waals surface area contributed by atoms with Crippen molar-refractivity contribution >= 4 is 5.97 Å². The zero-order chi connectivity index (χ0) is 11.3. The summed E-state index contributed by atoms with van der Waals surface area (Å²) in [6.07, 6.45) is 3.92. The van der Waals surface area contributed by atoms with Crippen molar-refractivity contribution in [3.8, 4) is 0 Å². The highest BCUT2D eigenvalue weighted by Gasteiger charge is 2.42. The van der Waals surface area contributed by atoms with Crippen LogP contribution in [0.1, 0.15) is 32.6 Å². The SMILES string of the molecule is COCCOC(=O)C1(C)CCCCC1N. The fraction of sp³-hybridized carbons (Fsp3) is 0.909. The number of methoxy groups -OCH3 is 1. The molecule has 0 aromatic rings. The summed E-state index contributed by atoms with van der Waals surface area (Å²) < 4.78 is 9.98. The average Bonchev–Trinajstić information content (AvgIpc) is 2.23. The van der Waals surface area contributed by atoms with E-state index in [1.807, 2.05) is 6.92 Å². The topological polar surface area (TPSA) is 61.5 Å². The van der Waals surface area contributed by atoms with E-state index in [1.165, 1.54) is 0 Å². The lowest BCUT2D eigenvalue weighted by Gasteiger charge is -2.36. The summed E-state index contributed by atoms with van der Waals surface area (Å²) >= 11 is 0. The minimum Gasteiger partial charge on any atom is -0.463 e. The highest BCUT2D eigenvalue weighted by atomic mass is 16.6. The van der Waals surface area contributed by atoms with Gasteiger partial charge in [0.1, 0.15) is 6.61 Å². The number of hydrogen-bond acceptors (Lipinski definition) is 4. The third-order valence-electron chi connectivity index (χ3n) is 3.27. The van der Waals surface area contributed by atoms with Crippen molar-refractivity contribution in [1.29, 1.82) is 0 Å². The van der Waals surface area contributed by atoms with Gasteiger partial charge >= 0.3 is 5.97 Å². The number of rotatable bonds is 4. The molecular weight excluding hydrogens is 194 g/mol. The zero-order valence-electron chi connectivity index (χ0n) is 9.62. The molecule has 1 rings (SSSR count). The van der Waals surface area contributed by atoms with Gasteiger partial charge in [-0.05, 0) is 19.8 Å². The Bertz CT molecular complexity index is 220. The Kier molecular flexibility index (Phi) is 4.54. The van der Waals surface area contributed by atoms with Gasteiger partial charge in [0.25, 0.3) is 0 Å². The molecule has 0 aromatic heterocycles. The van der Waals surface area contributed by atoms with Crippen LogP contribution >= 0.6 is 0 Å². The maximum Gasteiger partial charge on any atom is 0.313 e. The maximum atomic E-state index is 11.8. The highest BCUT2D eigenvalue weighted by molar-refractivity contribution is 5.77. The second-order valence-corrected chi connectivity index (χ2v) is 4.40. The molecule has 0 saturated heterocycles. The average molecular weight is 215 g/mol. The van der Waals surface area contributed by atoms with Crippen LogP contribution in [-0.2, 0) is 14.3 Å². The summed E-state index contributed by atoms with van der Waals surface area (Å²) in [7, 11) is 1.59. The van der Waals surface area contributed by atoms with Gasteiger partial charge in [0.05, 0.1) is 12.0 Å². The van der Waals surface area contributed by atoms with Crippen molar-refractivity contribution in [2.45, 2.75) is 38.6 Å². The molecule has 0 amide bonds. The van der Waals surface area contributed by atoms with E-state index >= 15 is 0 Å². The molecule has 1 fully saturated rings. The maximum absolute atomic E-state index is 11.8. The number of ether oxygens (including phenoxy) is 2. The fourth-order valence-electron chi connectivity index (χ4n) is 2.00. The number of carbonyl (C=O) groups is 1. The molecular formula is C11H21NO3. The van der Waals surface area contributed by atoms with Gasteiger partial charge in [0.15, 0.2) is 0 Å². The first kappa shape index (κ1) is 12.5. The Morgan fingerprint density at radius 1 is 1.47 bits per heavy atom. The largest absolute Gasteiger partial charge is 0.463 e. The molecule has 2 unspecified atom stereocenters. The molecule has 0 heterocycles. The minimum atomic E-state index is -0.494. The molecule has 0 bridgehead atoms. The van der Waals surface area contributed by atoms with E-state index in [4.69, 9.17) is 15.2 Å². The second-order valence-electron chi connectivity index (χ2n) is 4.40. The smallest absolute Gasteiger partial charge is 0.313 e. The van der Waals surface area contributed by atoms with Crippen molar-refractivity contribution in [2.75, 3.05) is 20.3 Å². The van der Waals surface area contributed by atoms with Gasteiger partial charge in [-0.1, -0.05) is 12.8 Å². The van der Waals surface area contributed by atoms with E-state index in [0.717, 1.165) is 25.7 Å². The first-order valence-electron chi connectivity index (χ1n) is 5.53. The number of esters is 1. The fourth-order valence-corrected chi connectivity index (χ4v) is 2.00. The van der Waals surface area contributed by atoms with Crippen LogP contribution in [0.3, 0.4) is 0 Å². The van der Waals surface area contributed by atoms with Crippen LogP contribution < -0.4 is 5.73 Å². The van der Waals surface area contributed by atoms with Crippen LogP contribution in [0.5, 0.6) is 0 Å². The van der Waals surface area contributed by atoms with E-state index in [0.29, 0.717) is 13.2 Å². The van der Waals surface area contributed by atoms with E-state index in [2.05, 4.69) is 0 Å². The molecule has 1 aliphatic rings. The summed E-state index contributed by atoms with van der Waals surface area (Å²) in [4.78, 5) is 11.8. The van der Waals surface area contributed by atoms with Crippen molar-refractivity contribution in [3.05, 3.63) is 0 Å². The lowest BCUT2D eigenvalue weighted by molar-refractivity contribution is -0.159. The van der Waals surface area contributed by atoms with E-state index in [1.54, 1.807) is 7.11 Å². The van der Waals surface area contributed by atoms with Crippen LogP contribution in [0, 0.1) is 5.41 Å². The van der Waals surface area contributed by atoms with Gasteiger partial charge in [-0.2, -0.15) is 0 Å². The number of carbonyl (C=O) groups excluding carboxylic acids is 1. The highest BCUT2D eigenvalue weighted by Crippen LogP contribution is 2.35. The van der Waals surface area contributed by atoms with Gasteiger partial charge in [0, 0.05) is 13.2 Å². The van der Waals surface area contributed by atoms with Gasteiger partial charge < -0.3 is 15.2 Å². The van der Waals surface area contributed by atoms with Crippen molar-refractivity contribution in [2.24, 2.45) is 11.1 Å². The quantitative estimate of drug-likeness (QED) is 0.563. The molecule has 1 saturated carbocycles. The Labute approximate surface area is 91.1 Å². The molecule has 88 valence electrons. The minimum absolute atomic E-state index is 0.0682. The monoisotopic (exact) mass is 215 g/mol. The van der Waals surface area contributed by atoms with Gasteiger partial charge in [-0.3, -0.25) is 4.79 Å².